The van der Waals surface area contributed by atoms with Crippen molar-refractivity contribution in [2.24, 2.45) is 7.05 Å². The van der Waals surface area contributed by atoms with Gasteiger partial charge in [0, 0.05) is 24.5 Å². The molecule has 0 saturated heterocycles. The van der Waals surface area contributed by atoms with Gasteiger partial charge in [-0.2, -0.15) is 10.2 Å². The number of aromatic nitrogens is 4. The van der Waals surface area contributed by atoms with Gasteiger partial charge in [-0.15, -0.1) is 0 Å². The van der Waals surface area contributed by atoms with Crippen molar-refractivity contribution < 1.29 is 4.79 Å². The van der Waals surface area contributed by atoms with E-state index >= 15 is 0 Å². The minimum Gasteiger partial charge on any atom is -0.304 e. The fourth-order valence-corrected chi connectivity index (χ4v) is 1.37. The van der Waals surface area contributed by atoms with Crippen molar-refractivity contribution in [2.75, 3.05) is 5.32 Å². The Morgan fingerprint density at radius 2 is 2.25 bits per heavy atom. The van der Waals surface area contributed by atoms with Crippen LogP contribution in [0.15, 0.2) is 12.3 Å². The van der Waals surface area contributed by atoms with Crippen molar-refractivity contribution in [2.45, 2.75) is 13.8 Å². The number of aryl methyl sites for hydroxylation is 2. The Balaban J connectivity index is 2.20. The third kappa shape index (κ3) is 1.69. The molecule has 0 atom stereocenters. The first kappa shape index (κ1) is 10.4. The predicted octanol–water partition coefficient (Wildman–Crippen LogP) is 1.01. The lowest BCUT2D eigenvalue weighted by atomic mass is 10.3. The van der Waals surface area contributed by atoms with Crippen LogP contribution in [-0.4, -0.2) is 25.9 Å². The standard InChI is InChI=1S/C10H13N5O/c1-6-7(2)13-14-9(6)12-10(16)8-4-5-11-15(8)3/h4-5H,1-3H3,(H2,12,13,14,16). The van der Waals surface area contributed by atoms with Gasteiger partial charge in [0.1, 0.15) is 5.69 Å². The highest BCUT2D eigenvalue weighted by molar-refractivity contribution is 6.02. The molecule has 0 bridgehead atoms. The molecule has 2 aromatic rings. The lowest BCUT2D eigenvalue weighted by molar-refractivity contribution is 0.101. The Morgan fingerprint density at radius 1 is 1.50 bits per heavy atom. The van der Waals surface area contributed by atoms with Crippen LogP contribution in [0.3, 0.4) is 0 Å². The topological polar surface area (TPSA) is 75.6 Å². The van der Waals surface area contributed by atoms with Crippen LogP contribution in [0.4, 0.5) is 5.82 Å². The summed E-state index contributed by atoms with van der Waals surface area (Å²) in [7, 11) is 1.72. The molecule has 0 fully saturated rings. The Bertz CT molecular complexity index is 525. The quantitative estimate of drug-likeness (QED) is 0.791. The van der Waals surface area contributed by atoms with Crippen LogP contribution in [0.1, 0.15) is 21.7 Å². The summed E-state index contributed by atoms with van der Waals surface area (Å²) in [5.74, 6) is 0.346. The van der Waals surface area contributed by atoms with E-state index in [2.05, 4.69) is 20.6 Å². The molecular weight excluding hydrogens is 206 g/mol. The molecule has 6 heteroatoms. The van der Waals surface area contributed by atoms with Crippen LogP contribution < -0.4 is 5.32 Å². The zero-order chi connectivity index (χ0) is 11.7. The average Bonchev–Trinajstić information content (AvgIpc) is 2.79. The van der Waals surface area contributed by atoms with Crippen molar-refractivity contribution in [3.05, 3.63) is 29.2 Å². The molecule has 16 heavy (non-hydrogen) atoms. The maximum Gasteiger partial charge on any atom is 0.275 e. The monoisotopic (exact) mass is 219 g/mol. The van der Waals surface area contributed by atoms with Crippen LogP contribution >= 0.6 is 0 Å². The predicted molar refractivity (Wildman–Crippen MR) is 59.2 cm³/mol. The molecule has 6 nitrogen and oxygen atoms in total. The zero-order valence-corrected chi connectivity index (χ0v) is 9.40. The summed E-state index contributed by atoms with van der Waals surface area (Å²) in [6.45, 7) is 3.81. The van der Waals surface area contributed by atoms with Gasteiger partial charge in [-0.3, -0.25) is 14.6 Å². The number of anilines is 1. The summed E-state index contributed by atoms with van der Waals surface area (Å²) < 4.78 is 1.52. The van der Waals surface area contributed by atoms with E-state index < -0.39 is 0 Å². The molecule has 2 N–H and O–H groups in total. The summed E-state index contributed by atoms with van der Waals surface area (Å²) in [5.41, 5.74) is 2.39. The van der Waals surface area contributed by atoms with E-state index in [0.29, 0.717) is 11.5 Å². The number of nitrogens with zero attached hydrogens (tertiary/aromatic N) is 3. The third-order valence-electron chi connectivity index (χ3n) is 2.54. The Labute approximate surface area is 92.7 Å². The SMILES string of the molecule is Cc1[nH]nc(NC(=O)c2ccnn2C)c1C. The molecule has 0 aliphatic heterocycles. The second-order valence-corrected chi connectivity index (χ2v) is 3.62. The molecule has 0 saturated carbocycles. The Morgan fingerprint density at radius 3 is 2.75 bits per heavy atom. The molecule has 0 aliphatic rings. The highest BCUT2D eigenvalue weighted by Gasteiger charge is 2.13. The molecule has 0 spiro atoms. The Kier molecular flexibility index (Phi) is 2.47. The first-order valence-corrected chi connectivity index (χ1v) is 4.90. The normalized spacial score (nSPS) is 10.4. The van der Waals surface area contributed by atoms with Crippen LogP contribution in [0.5, 0.6) is 0 Å². The second kappa shape index (κ2) is 3.80. The van der Waals surface area contributed by atoms with Crippen LogP contribution in [0, 0.1) is 13.8 Å². The number of nitrogens with one attached hydrogen (secondary N) is 2. The van der Waals surface area contributed by atoms with Crippen LogP contribution in [-0.2, 0) is 7.05 Å². The first-order valence-electron chi connectivity index (χ1n) is 4.90. The number of H-pyrrole nitrogens is 1. The maximum absolute atomic E-state index is 11.8. The van der Waals surface area contributed by atoms with E-state index in [1.807, 2.05) is 13.8 Å². The van der Waals surface area contributed by atoms with Crippen molar-refractivity contribution in [3.63, 3.8) is 0 Å². The fraction of sp³-hybridized carbons (Fsp3) is 0.300. The molecule has 0 unspecified atom stereocenters. The average molecular weight is 219 g/mol. The summed E-state index contributed by atoms with van der Waals surface area (Å²) in [6.07, 6.45) is 1.58. The van der Waals surface area contributed by atoms with Crippen LogP contribution in [0.2, 0.25) is 0 Å². The van der Waals surface area contributed by atoms with Gasteiger partial charge in [0.05, 0.1) is 0 Å². The largest absolute Gasteiger partial charge is 0.304 e. The summed E-state index contributed by atoms with van der Waals surface area (Å²) in [4.78, 5) is 11.8. The molecule has 0 aliphatic carbocycles. The molecular formula is C10H13N5O. The van der Waals surface area contributed by atoms with Gasteiger partial charge in [-0.1, -0.05) is 0 Å². The van der Waals surface area contributed by atoms with Gasteiger partial charge in [0.15, 0.2) is 5.82 Å². The number of hydrogen-bond acceptors (Lipinski definition) is 3. The number of carbonyl (C=O) groups is 1. The van der Waals surface area contributed by atoms with Gasteiger partial charge in [-0.05, 0) is 19.9 Å². The van der Waals surface area contributed by atoms with Crippen molar-refractivity contribution in [3.8, 4) is 0 Å². The molecule has 84 valence electrons. The van der Waals surface area contributed by atoms with E-state index in [-0.39, 0.29) is 5.91 Å². The van der Waals surface area contributed by atoms with E-state index in [4.69, 9.17) is 0 Å². The molecule has 2 rings (SSSR count). The number of hydrogen-bond donors (Lipinski definition) is 2. The van der Waals surface area contributed by atoms with Gasteiger partial charge < -0.3 is 5.32 Å². The summed E-state index contributed by atoms with van der Waals surface area (Å²) >= 11 is 0. The maximum atomic E-state index is 11.8. The number of aromatic amines is 1. The van der Waals surface area contributed by atoms with E-state index in [0.717, 1.165) is 11.3 Å². The molecule has 2 aromatic heterocycles. The van der Waals surface area contributed by atoms with E-state index in [9.17, 15) is 4.79 Å². The second-order valence-electron chi connectivity index (χ2n) is 3.62. The van der Waals surface area contributed by atoms with Crippen molar-refractivity contribution in [1.29, 1.82) is 0 Å². The molecule has 1 amide bonds. The summed E-state index contributed by atoms with van der Waals surface area (Å²) in [6, 6.07) is 1.66. The smallest absolute Gasteiger partial charge is 0.275 e. The first-order chi connectivity index (χ1) is 7.59. The minimum absolute atomic E-state index is 0.213. The van der Waals surface area contributed by atoms with Crippen molar-refractivity contribution >= 4 is 11.7 Å². The third-order valence-corrected chi connectivity index (χ3v) is 2.54. The Hall–Kier alpha value is -2.11. The number of rotatable bonds is 2. The summed E-state index contributed by atoms with van der Waals surface area (Å²) in [5, 5.41) is 13.5. The van der Waals surface area contributed by atoms with E-state index in [1.54, 1.807) is 19.3 Å². The number of carbonyl (C=O) groups excluding carboxylic acids is 1. The van der Waals surface area contributed by atoms with Gasteiger partial charge in [0.2, 0.25) is 0 Å². The fourth-order valence-electron chi connectivity index (χ4n) is 1.37. The minimum atomic E-state index is -0.213. The van der Waals surface area contributed by atoms with Gasteiger partial charge in [-0.25, -0.2) is 0 Å². The highest BCUT2D eigenvalue weighted by Crippen LogP contribution is 2.14. The number of amides is 1. The van der Waals surface area contributed by atoms with Gasteiger partial charge in [0.25, 0.3) is 5.91 Å². The van der Waals surface area contributed by atoms with Gasteiger partial charge >= 0.3 is 0 Å². The van der Waals surface area contributed by atoms with Crippen LogP contribution in [0.25, 0.3) is 0 Å². The zero-order valence-electron chi connectivity index (χ0n) is 9.40. The lowest BCUT2D eigenvalue weighted by Crippen LogP contribution is -2.16. The van der Waals surface area contributed by atoms with Crippen molar-refractivity contribution in [1.82, 2.24) is 20.0 Å². The lowest BCUT2D eigenvalue weighted by Gasteiger charge is -2.03. The highest BCUT2D eigenvalue weighted by atomic mass is 16.2. The molecule has 0 radical (unpaired) electrons. The van der Waals surface area contributed by atoms with E-state index in [1.165, 1.54) is 4.68 Å². The molecule has 2 heterocycles. The molecule has 0 aromatic carbocycles.